The standard InChI is InChI=1S/C18H12ClNO3/c1-10(21)11-5-4-6-12(9-11)20-16-15(19)17(22)13-7-2-3-8-14(13)18(16)23/h2-9,20H,1H3. The summed E-state index contributed by atoms with van der Waals surface area (Å²) in [5.74, 6) is -0.837. The lowest BCUT2D eigenvalue weighted by molar-refractivity contribution is 0.0982. The maximum absolute atomic E-state index is 12.6. The summed E-state index contributed by atoms with van der Waals surface area (Å²) in [6, 6.07) is 13.2. The van der Waals surface area contributed by atoms with Crippen LogP contribution in [-0.2, 0) is 0 Å². The second kappa shape index (κ2) is 5.82. The number of rotatable bonds is 3. The van der Waals surface area contributed by atoms with Crippen LogP contribution in [0.15, 0.2) is 59.3 Å². The van der Waals surface area contributed by atoms with Gasteiger partial charge in [-0.2, -0.15) is 0 Å². The second-order valence-electron chi connectivity index (χ2n) is 5.15. The van der Waals surface area contributed by atoms with Crippen molar-refractivity contribution in [1.29, 1.82) is 0 Å². The lowest BCUT2D eigenvalue weighted by Crippen LogP contribution is -2.24. The highest BCUT2D eigenvalue weighted by molar-refractivity contribution is 6.50. The Morgan fingerprint density at radius 3 is 2.26 bits per heavy atom. The van der Waals surface area contributed by atoms with E-state index in [0.717, 1.165) is 0 Å². The SMILES string of the molecule is CC(=O)c1cccc(NC2=C(Cl)C(=O)c3ccccc3C2=O)c1. The number of carbonyl (C=O) groups excluding carboxylic acids is 3. The number of hydrogen-bond donors (Lipinski definition) is 1. The first-order valence-electron chi connectivity index (χ1n) is 6.95. The number of Topliss-reactive ketones (excluding diaryl/α,β-unsaturated/α-hetero) is 3. The van der Waals surface area contributed by atoms with Gasteiger partial charge in [0.1, 0.15) is 10.7 Å². The molecule has 0 heterocycles. The molecule has 1 aliphatic rings. The van der Waals surface area contributed by atoms with Gasteiger partial charge in [0.25, 0.3) is 0 Å². The van der Waals surface area contributed by atoms with Gasteiger partial charge in [-0.1, -0.05) is 48.0 Å². The molecule has 0 fully saturated rings. The Balaban J connectivity index is 2.02. The number of nitrogens with one attached hydrogen (secondary N) is 1. The van der Waals surface area contributed by atoms with Crippen molar-refractivity contribution in [3.63, 3.8) is 0 Å². The highest BCUT2D eigenvalue weighted by Crippen LogP contribution is 2.29. The Kier molecular flexibility index (Phi) is 3.84. The molecule has 5 heteroatoms. The highest BCUT2D eigenvalue weighted by Gasteiger charge is 2.31. The molecule has 0 atom stereocenters. The summed E-state index contributed by atoms with van der Waals surface area (Å²) in [6.45, 7) is 1.46. The van der Waals surface area contributed by atoms with Crippen molar-refractivity contribution >= 4 is 34.6 Å². The summed E-state index contributed by atoms with van der Waals surface area (Å²) in [7, 11) is 0. The number of benzene rings is 2. The van der Waals surface area contributed by atoms with Gasteiger partial charge in [-0.15, -0.1) is 0 Å². The summed E-state index contributed by atoms with van der Waals surface area (Å²) < 4.78 is 0. The van der Waals surface area contributed by atoms with Gasteiger partial charge in [0.05, 0.1) is 0 Å². The molecule has 1 aliphatic carbocycles. The van der Waals surface area contributed by atoms with E-state index in [0.29, 0.717) is 22.4 Å². The van der Waals surface area contributed by atoms with Crippen molar-refractivity contribution in [2.24, 2.45) is 0 Å². The fourth-order valence-corrected chi connectivity index (χ4v) is 2.65. The molecule has 23 heavy (non-hydrogen) atoms. The van der Waals surface area contributed by atoms with E-state index in [1.165, 1.54) is 6.92 Å². The number of carbonyl (C=O) groups is 3. The van der Waals surface area contributed by atoms with Gasteiger partial charge in [0.2, 0.25) is 11.6 Å². The molecule has 0 saturated carbocycles. The van der Waals surface area contributed by atoms with Crippen LogP contribution >= 0.6 is 11.6 Å². The quantitative estimate of drug-likeness (QED) is 0.871. The minimum Gasteiger partial charge on any atom is -0.351 e. The van der Waals surface area contributed by atoms with Gasteiger partial charge in [-0.05, 0) is 19.1 Å². The Hall–Kier alpha value is -2.72. The number of anilines is 1. The summed E-state index contributed by atoms with van der Waals surface area (Å²) in [5.41, 5.74) is 1.65. The van der Waals surface area contributed by atoms with Gasteiger partial charge < -0.3 is 5.32 Å². The van der Waals surface area contributed by atoms with E-state index in [-0.39, 0.29) is 22.3 Å². The predicted octanol–water partition coefficient (Wildman–Crippen LogP) is 3.83. The number of hydrogen-bond acceptors (Lipinski definition) is 4. The molecule has 4 nitrogen and oxygen atoms in total. The minimum atomic E-state index is -0.396. The lowest BCUT2D eigenvalue weighted by atomic mass is 9.92. The minimum absolute atomic E-state index is 0.0241. The number of fused-ring (bicyclic) bond motifs is 1. The molecule has 2 aromatic carbocycles. The van der Waals surface area contributed by atoms with Crippen LogP contribution < -0.4 is 5.32 Å². The molecular weight excluding hydrogens is 314 g/mol. The third kappa shape index (κ3) is 2.69. The van der Waals surface area contributed by atoms with E-state index in [4.69, 9.17) is 11.6 Å². The smallest absolute Gasteiger partial charge is 0.211 e. The van der Waals surface area contributed by atoms with E-state index in [1.807, 2.05) is 0 Å². The molecule has 0 spiro atoms. The molecule has 3 rings (SSSR count). The second-order valence-corrected chi connectivity index (χ2v) is 5.53. The molecule has 0 unspecified atom stereocenters. The van der Waals surface area contributed by atoms with E-state index < -0.39 is 5.78 Å². The molecular formula is C18H12ClNO3. The fraction of sp³-hybridized carbons (Fsp3) is 0.0556. The number of ketones is 3. The summed E-state index contributed by atoms with van der Waals surface area (Å²) in [4.78, 5) is 36.3. The van der Waals surface area contributed by atoms with Crippen LogP contribution in [0, 0.1) is 0 Å². The van der Waals surface area contributed by atoms with Crippen LogP contribution in [0.2, 0.25) is 0 Å². The summed E-state index contributed by atoms with van der Waals surface area (Å²) >= 11 is 6.09. The zero-order chi connectivity index (χ0) is 16.6. The van der Waals surface area contributed by atoms with Crippen molar-refractivity contribution in [2.75, 3.05) is 5.32 Å². The van der Waals surface area contributed by atoms with Crippen molar-refractivity contribution in [3.8, 4) is 0 Å². The zero-order valence-corrected chi connectivity index (χ0v) is 13.0. The predicted molar refractivity (Wildman–Crippen MR) is 88.1 cm³/mol. The normalized spacial score (nSPS) is 13.8. The number of allylic oxidation sites excluding steroid dienone is 2. The van der Waals surface area contributed by atoms with E-state index in [9.17, 15) is 14.4 Å². The molecule has 0 bridgehead atoms. The third-order valence-electron chi connectivity index (χ3n) is 3.60. The molecule has 114 valence electrons. The first-order chi connectivity index (χ1) is 11.0. The maximum atomic E-state index is 12.6. The average molecular weight is 326 g/mol. The van der Waals surface area contributed by atoms with Gasteiger partial charge in [0, 0.05) is 22.4 Å². The molecule has 1 N–H and O–H groups in total. The summed E-state index contributed by atoms with van der Waals surface area (Å²) in [5, 5.41) is 2.72. The summed E-state index contributed by atoms with van der Waals surface area (Å²) in [6.07, 6.45) is 0. The van der Waals surface area contributed by atoms with Gasteiger partial charge in [-0.3, -0.25) is 14.4 Å². The van der Waals surface area contributed by atoms with E-state index in [2.05, 4.69) is 5.32 Å². The lowest BCUT2D eigenvalue weighted by Gasteiger charge is -2.19. The van der Waals surface area contributed by atoms with Crippen LogP contribution in [0.4, 0.5) is 5.69 Å². The Bertz CT molecular complexity index is 883. The average Bonchev–Trinajstić information content (AvgIpc) is 2.57. The van der Waals surface area contributed by atoms with Crippen LogP contribution in [0.5, 0.6) is 0 Å². The zero-order valence-electron chi connectivity index (χ0n) is 12.2. The number of halogens is 1. The molecule has 2 aromatic rings. The van der Waals surface area contributed by atoms with Crippen molar-refractivity contribution in [3.05, 3.63) is 76.0 Å². The third-order valence-corrected chi connectivity index (χ3v) is 3.96. The van der Waals surface area contributed by atoms with Crippen LogP contribution in [0.1, 0.15) is 38.0 Å². The Morgan fingerprint density at radius 1 is 0.957 bits per heavy atom. The van der Waals surface area contributed by atoms with Crippen LogP contribution in [-0.4, -0.2) is 17.3 Å². The monoisotopic (exact) mass is 325 g/mol. The van der Waals surface area contributed by atoms with Gasteiger partial charge in [0.15, 0.2) is 5.78 Å². The topological polar surface area (TPSA) is 63.2 Å². The van der Waals surface area contributed by atoms with Crippen LogP contribution in [0.3, 0.4) is 0 Å². The van der Waals surface area contributed by atoms with E-state index in [1.54, 1.807) is 48.5 Å². The largest absolute Gasteiger partial charge is 0.351 e. The van der Waals surface area contributed by atoms with E-state index >= 15 is 0 Å². The Morgan fingerprint density at radius 2 is 1.61 bits per heavy atom. The van der Waals surface area contributed by atoms with Crippen molar-refractivity contribution in [1.82, 2.24) is 0 Å². The first-order valence-corrected chi connectivity index (χ1v) is 7.33. The molecule has 0 aliphatic heterocycles. The first kappa shape index (κ1) is 15.2. The fourth-order valence-electron chi connectivity index (χ4n) is 2.42. The molecule has 0 aromatic heterocycles. The molecule has 0 saturated heterocycles. The van der Waals surface area contributed by atoms with Crippen LogP contribution in [0.25, 0.3) is 0 Å². The maximum Gasteiger partial charge on any atom is 0.211 e. The highest BCUT2D eigenvalue weighted by atomic mass is 35.5. The molecule has 0 amide bonds. The van der Waals surface area contributed by atoms with Crippen molar-refractivity contribution < 1.29 is 14.4 Å². The Labute approximate surface area is 137 Å². The van der Waals surface area contributed by atoms with Gasteiger partial charge >= 0.3 is 0 Å². The molecule has 0 radical (unpaired) electrons. The van der Waals surface area contributed by atoms with Gasteiger partial charge in [-0.25, -0.2) is 0 Å². The van der Waals surface area contributed by atoms with Crippen molar-refractivity contribution in [2.45, 2.75) is 6.92 Å².